The van der Waals surface area contributed by atoms with E-state index >= 15 is 0 Å². The van der Waals surface area contributed by atoms with Gasteiger partial charge in [-0.2, -0.15) is 0 Å². The van der Waals surface area contributed by atoms with Crippen molar-refractivity contribution in [2.75, 3.05) is 0 Å². The molecule has 1 unspecified atom stereocenters. The highest BCUT2D eigenvalue weighted by Gasteiger charge is 2.24. The summed E-state index contributed by atoms with van der Waals surface area (Å²) in [6, 6.07) is 0. The van der Waals surface area contributed by atoms with Crippen LogP contribution in [0.15, 0.2) is 47.6 Å². The minimum absolute atomic E-state index is 0.536. The van der Waals surface area contributed by atoms with Gasteiger partial charge in [0.1, 0.15) is 12.0 Å². The average molecular weight is 235 g/mol. The Balaban J connectivity index is 2.46. The molecule has 1 atom stereocenters. The van der Waals surface area contributed by atoms with Gasteiger partial charge < -0.3 is 5.32 Å². The summed E-state index contributed by atoms with van der Waals surface area (Å²) in [4.78, 5) is 12.4. The van der Waals surface area contributed by atoms with E-state index in [0.717, 1.165) is 5.56 Å². The lowest BCUT2D eigenvalue weighted by molar-refractivity contribution is 0.522. The maximum absolute atomic E-state index is 6.08. The molecule has 16 heavy (non-hydrogen) atoms. The van der Waals surface area contributed by atoms with E-state index in [4.69, 9.17) is 11.6 Å². The molecule has 82 valence electrons. The van der Waals surface area contributed by atoms with Crippen molar-refractivity contribution in [3.63, 3.8) is 0 Å². The van der Waals surface area contributed by atoms with Gasteiger partial charge in [0.2, 0.25) is 0 Å². The van der Waals surface area contributed by atoms with E-state index in [-0.39, 0.29) is 0 Å². The van der Waals surface area contributed by atoms with Gasteiger partial charge in [0.15, 0.2) is 0 Å². The summed E-state index contributed by atoms with van der Waals surface area (Å²) in [5, 5.41) is 3.59. The van der Waals surface area contributed by atoms with E-state index in [1.807, 2.05) is 6.92 Å². The van der Waals surface area contributed by atoms with Crippen LogP contribution in [0.3, 0.4) is 0 Å². The Morgan fingerprint density at radius 2 is 2.12 bits per heavy atom. The number of rotatable bonds is 2. The van der Waals surface area contributed by atoms with Crippen LogP contribution >= 0.6 is 11.6 Å². The number of nitrogens with zero attached hydrogens (tertiary/aromatic N) is 3. The Hall–Kier alpha value is -1.68. The highest BCUT2D eigenvalue weighted by molar-refractivity contribution is 6.46. The first-order chi connectivity index (χ1) is 7.64. The lowest BCUT2D eigenvalue weighted by atomic mass is 10.1. The zero-order valence-electron chi connectivity index (χ0n) is 8.81. The van der Waals surface area contributed by atoms with Gasteiger partial charge in [-0.1, -0.05) is 18.2 Å². The smallest absolute Gasteiger partial charge is 0.145 e. The standard InChI is InChI=1S/C11H11ClN4/c1-3-11(2)15-6-9(12)10(16-11)8-4-13-7-14-5-8/h3-7,15H,1H2,2H3. The second kappa shape index (κ2) is 4.06. The normalized spacial score (nSPS) is 24.1. The van der Waals surface area contributed by atoms with Crippen LogP contribution in [0.1, 0.15) is 12.5 Å². The maximum atomic E-state index is 6.08. The molecule has 1 aromatic rings. The Labute approximate surface area is 98.8 Å². The van der Waals surface area contributed by atoms with Crippen molar-refractivity contribution in [2.24, 2.45) is 4.99 Å². The lowest BCUT2D eigenvalue weighted by Gasteiger charge is -2.27. The van der Waals surface area contributed by atoms with E-state index in [0.29, 0.717) is 10.7 Å². The minimum atomic E-state index is -0.538. The third kappa shape index (κ3) is 1.97. The molecule has 0 spiro atoms. The molecular weight excluding hydrogens is 224 g/mol. The molecule has 0 saturated carbocycles. The molecule has 1 N–H and O–H groups in total. The monoisotopic (exact) mass is 234 g/mol. The van der Waals surface area contributed by atoms with Crippen LogP contribution in [-0.2, 0) is 0 Å². The quantitative estimate of drug-likeness (QED) is 0.795. The van der Waals surface area contributed by atoms with Gasteiger partial charge in [0.25, 0.3) is 0 Å². The summed E-state index contributed by atoms with van der Waals surface area (Å²) < 4.78 is 0. The van der Waals surface area contributed by atoms with Crippen molar-refractivity contribution in [3.8, 4) is 0 Å². The molecule has 1 aromatic heterocycles. The first-order valence-electron chi connectivity index (χ1n) is 4.77. The van der Waals surface area contributed by atoms with Gasteiger partial charge in [-0.25, -0.2) is 9.97 Å². The summed E-state index contributed by atoms with van der Waals surface area (Å²) in [5.41, 5.74) is 0.922. The second-order valence-corrected chi connectivity index (χ2v) is 3.98. The third-order valence-electron chi connectivity index (χ3n) is 2.29. The molecule has 0 fully saturated rings. The Morgan fingerprint density at radius 1 is 1.44 bits per heavy atom. The van der Waals surface area contributed by atoms with Crippen molar-refractivity contribution in [1.29, 1.82) is 0 Å². The third-order valence-corrected chi connectivity index (χ3v) is 2.58. The number of nitrogens with one attached hydrogen (secondary N) is 1. The molecule has 0 radical (unpaired) electrons. The number of halogens is 1. The van der Waals surface area contributed by atoms with E-state index in [2.05, 4.69) is 26.9 Å². The zero-order chi connectivity index (χ0) is 11.6. The molecule has 2 rings (SSSR count). The topological polar surface area (TPSA) is 50.2 Å². The van der Waals surface area contributed by atoms with Crippen LogP contribution in [0.5, 0.6) is 0 Å². The van der Waals surface area contributed by atoms with Crippen molar-refractivity contribution in [2.45, 2.75) is 12.6 Å². The van der Waals surface area contributed by atoms with Crippen molar-refractivity contribution < 1.29 is 0 Å². The number of allylic oxidation sites excluding steroid dienone is 1. The van der Waals surface area contributed by atoms with Crippen molar-refractivity contribution in [3.05, 3.63) is 48.2 Å². The molecule has 5 heteroatoms. The largest absolute Gasteiger partial charge is 0.363 e. The van der Waals surface area contributed by atoms with Gasteiger partial charge in [-0.3, -0.25) is 4.99 Å². The Kier molecular flexibility index (Phi) is 2.75. The highest BCUT2D eigenvalue weighted by atomic mass is 35.5. The fourth-order valence-corrected chi connectivity index (χ4v) is 1.53. The molecule has 2 heterocycles. The number of aliphatic imine (C=N–C) groups is 1. The first kappa shape index (κ1) is 10.8. The highest BCUT2D eigenvalue weighted by Crippen LogP contribution is 2.21. The second-order valence-electron chi connectivity index (χ2n) is 3.58. The summed E-state index contributed by atoms with van der Waals surface area (Å²) in [5.74, 6) is 0. The van der Waals surface area contributed by atoms with Gasteiger partial charge in [-0.15, -0.1) is 0 Å². The van der Waals surface area contributed by atoms with E-state index in [1.165, 1.54) is 6.33 Å². The summed E-state index contributed by atoms with van der Waals surface area (Å²) in [7, 11) is 0. The SMILES string of the molecule is C=CC1(C)N=C(c2cncnc2)C(Cl)=CN1. The zero-order valence-corrected chi connectivity index (χ0v) is 9.57. The minimum Gasteiger partial charge on any atom is -0.363 e. The molecule has 0 aliphatic carbocycles. The Bertz CT molecular complexity index is 466. The van der Waals surface area contributed by atoms with Gasteiger partial charge >= 0.3 is 0 Å². The lowest BCUT2D eigenvalue weighted by Crippen LogP contribution is -2.39. The number of aromatic nitrogens is 2. The van der Waals surface area contributed by atoms with E-state index in [1.54, 1.807) is 24.7 Å². The number of hydrogen-bond donors (Lipinski definition) is 1. The molecule has 0 bridgehead atoms. The average Bonchev–Trinajstić information content (AvgIpc) is 2.34. The molecular formula is C11H11ClN4. The number of hydrogen-bond acceptors (Lipinski definition) is 4. The van der Waals surface area contributed by atoms with E-state index in [9.17, 15) is 0 Å². The molecule has 0 aromatic carbocycles. The van der Waals surface area contributed by atoms with Gasteiger partial charge in [0, 0.05) is 24.2 Å². The van der Waals surface area contributed by atoms with Crippen LogP contribution in [0.2, 0.25) is 0 Å². The predicted octanol–water partition coefficient (Wildman–Crippen LogP) is 1.85. The predicted molar refractivity (Wildman–Crippen MR) is 64.2 cm³/mol. The van der Waals surface area contributed by atoms with Crippen LogP contribution in [0, 0.1) is 0 Å². The van der Waals surface area contributed by atoms with Crippen molar-refractivity contribution >= 4 is 17.3 Å². The van der Waals surface area contributed by atoms with Crippen molar-refractivity contribution in [1.82, 2.24) is 15.3 Å². The summed E-state index contributed by atoms with van der Waals surface area (Å²) in [6.45, 7) is 5.64. The fourth-order valence-electron chi connectivity index (χ4n) is 1.32. The fraction of sp³-hybridized carbons (Fsp3) is 0.182. The van der Waals surface area contributed by atoms with Crippen LogP contribution in [0.25, 0.3) is 0 Å². The van der Waals surface area contributed by atoms with Gasteiger partial charge in [0.05, 0.1) is 10.7 Å². The summed E-state index contributed by atoms with van der Waals surface area (Å²) >= 11 is 6.08. The maximum Gasteiger partial charge on any atom is 0.145 e. The molecule has 0 saturated heterocycles. The summed E-state index contributed by atoms with van der Waals surface area (Å²) in [6.07, 6.45) is 8.25. The molecule has 1 aliphatic heterocycles. The Morgan fingerprint density at radius 3 is 2.75 bits per heavy atom. The first-order valence-corrected chi connectivity index (χ1v) is 5.15. The molecule has 1 aliphatic rings. The molecule has 4 nitrogen and oxygen atoms in total. The van der Waals surface area contributed by atoms with Gasteiger partial charge in [-0.05, 0) is 13.0 Å². The molecule has 0 amide bonds. The van der Waals surface area contributed by atoms with Crippen LogP contribution in [-0.4, -0.2) is 21.3 Å². The van der Waals surface area contributed by atoms with E-state index < -0.39 is 5.66 Å². The van der Waals surface area contributed by atoms with Crippen LogP contribution in [0.4, 0.5) is 0 Å². The van der Waals surface area contributed by atoms with Crippen LogP contribution < -0.4 is 5.32 Å².